The fraction of sp³-hybridized carbons (Fsp3) is 0.500. The van der Waals surface area contributed by atoms with Gasteiger partial charge in [0.25, 0.3) is 0 Å². The molecule has 0 atom stereocenters. The molecule has 5 heteroatoms. The summed E-state index contributed by atoms with van der Waals surface area (Å²) in [5, 5.41) is 8.71. The van der Waals surface area contributed by atoms with Crippen molar-refractivity contribution in [2.45, 2.75) is 39.7 Å². The van der Waals surface area contributed by atoms with Crippen molar-refractivity contribution in [3.8, 4) is 0 Å². The number of anilines is 1. The minimum absolute atomic E-state index is 0.0257. The first-order valence-corrected chi connectivity index (χ1v) is 7.16. The number of aryl methyl sites for hydroxylation is 1. The van der Waals surface area contributed by atoms with Crippen molar-refractivity contribution in [2.75, 3.05) is 18.5 Å². The minimum Gasteiger partial charge on any atom is -0.481 e. The average molecular weight is 292 g/mol. The second-order valence-corrected chi connectivity index (χ2v) is 5.41. The van der Waals surface area contributed by atoms with Gasteiger partial charge in [-0.3, -0.25) is 9.69 Å². The van der Waals surface area contributed by atoms with Crippen molar-refractivity contribution in [2.24, 2.45) is 0 Å². The molecule has 0 fully saturated rings. The van der Waals surface area contributed by atoms with Gasteiger partial charge in [0.1, 0.15) is 0 Å². The van der Waals surface area contributed by atoms with Crippen LogP contribution in [0.15, 0.2) is 24.3 Å². The van der Waals surface area contributed by atoms with Gasteiger partial charge in [0.05, 0.1) is 0 Å². The molecule has 0 aliphatic heterocycles. The molecule has 5 nitrogen and oxygen atoms in total. The van der Waals surface area contributed by atoms with E-state index in [1.54, 1.807) is 16.8 Å². The standard InChI is InChI=1S/C16H24N2O3/c1-12(2)18(11-7-10-15(19)20)16(21)17(4)14-9-6-5-8-13(14)3/h5-6,8-9,12H,7,10-11H2,1-4H3,(H,19,20). The number of carboxylic acid groups (broad SMARTS) is 1. The van der Waals surface area contributed by atoms with Gasteiger partial charge in [-0.2, -0.15) is 0 Å². The zero-order valence-corrected chi connectivity index (χ0v) is 13.2. The molecule has 0 spiro atoms. The molecule has 0 bridgehead atoms. The van der Waals surface area contributed by atoms with Crippen LogP contribution in [0.3, 0.4) is 0 Å². The van der Waals surface area contributed by atoms with Gasteiger partial charge in [-0.25, -0.2) is 4.79 Å². The Balaban J connectivity index is 2.80. The summed E-state index contributed by atoms with van der Waals surface area (Å²) in [6.07, 6.45) is 0.533. The average Bonchev–Trinajstić information content (AvgIpc) is 2.42. The Morgan fingerprint density at radius 2 is 1.86 bits per heavy atom. The van der Waals surface area contributed by atoms with E-state index in [0.717, 1.165) is 11.3 Å². The Bertz CT molecular complexity index is 500. The number of hydrogen-bond acceptors (Lipinski definition) is 2. The molecule has 0 saturated heterocycles. The lowest BCUT2D eigenvalue weighted by atomic mass is 10.2. The van der Waals surface area contributed by atoms with Crippen LogP contribution in [-0.2, 0) is 4.79 Å². The highest BCUT2D eigenvalue weighted by molar-refractivity contribution is 5.92. The Morgan fingerprint density at radius 3 is 2.38 bits per heavy atom. The summed E-state index contributed by atoms with van der Waals surface area (Å²) in [4.78, 5) is 26.5. The zero-order chi connectivity index (χ0) is 16.0. The van der Waals surface area contributed by atoms with Crippen molar-refractivity contribution in [1.29, 1.82) is 0 Å². The quantitative estimate of drug-likeness (QED) is 0.876. The van der Waals surface area contributed by atoms with Gasteiger partial charge in [-0.15, -0.1) is 0 Å². The van der Waals surface area contributed by atoms with E-state index < -0.39 is 5.97 Å². The molecular weight excluding hydrogens is 268 g/mol. The number of para-hydroxylation sites is 1. The number of aliphatic carboxylic acids is 1. The van der Waals surface area contributed by atoms with Crippen LogP contribution in [0.2, 0.25) is 0 Å². The molecule has 0 saturated carbocycles. The van der Waals surface area contributed by atoms with Gasteiger partial charge in [-0.1, -0.05) is 18.2 Å². The van der Waals surface area contributed by atoms with Gasteiger partial charge in [-0.05, 0) is 38.8 Å². The number of amides is 2. The number of urea groups is 1. The Labute approximate surface area is 126 Å². The maximum atomic E-state index is 12.6. The summed E-state index contributed by atoms with van der Waals surface area (Å²) in [6, 6.07) is 7.62. The van der Waals surface area contributed by atoms with Crippen molar-refractivity contribution in [3.63, 3.8) is 0 Å². The number of carbonyl (C=O) groups is 2. The summed E-state index contributed by atoms with van der Waals surface area (Å²) < 4.78 is 0. The molecular formula is C16H24N2O3. The lowest BCUT2D eigenvalue weighted by Crippen LogP contribution is -2.45. The van der Waals surface area contributed by atoms with E-state index in [1.165, 1.54) is 0 Å². The van der Waals surface area contributed by atoms with Crippen LogP contribution in [-0.4, -0.2) is 41.6 Å². The Morgan fingerprint density at radius 1 is 1.24 bits per heavy atom. The van der Waals surface area contributed by atoms with E-state index in [2.05, 4.69) is 0 Å². The Kier molecular flexibility index (Phi) is 6.21. The summed E-state index contributed by atoms with van der Waals surface area (Å²) in [5.41, 5.74) is 1.90. The van der Waals surface area contributed by atoms with E-state index in [9.17, 15) is 9.59 Å². The second kappa shape index (κ2) is 7.67. The highest BCUT2D eigenvalue weighted by atomic mass is 16.4. The fourth-order valence-electron chi connectivity index (χ4n) is 2.21. The predicted molar refractivity (Wildman–Crippen MR) is 83.7 cm³/mol. The van der Waals surface area contributed by atoms with Crippen LogP contribution in [0.5, 0.6) is 0 Å². The molecule has 0 unspecified atom stereocenters. The molecule has 0 aliphatic carbocycles. The van der Waals surface area contributed by atoms with Crippen molar-refractivity contribution >= 4 is 17.7 Å². The summed E-state index contributed by atoms with van der Waals surface area (Å²) >= 11 is 0. The highest BCUT2D eigenvalue weighted by Crippen LogP contribution is 2.20. The Hall–Kier alpha value is -2.04. The number of hydrogen-bond donors (Lipinski definition) is 1. The SMILES string of the molecule is Cc1ccccc1N(C)C(=O)N(CCCC(=O)O)C(C)C. The zero-order valence-electron chi connectivity index (χ0n) is 13.2. The van der Waals surface area contributed by atoms with Crippen molar-refractivity contribution < 1.29 is 14.7 Å². The molecule has 1 N–H and O–H groups in total. The number of carbonyl (C=O) groups excluding carboxylic acids is 1. The molecule has 0 radical (unpaired) electrons. The number of carboxylic acids is 1. The predicted octanol–water partition coefficient (Wildman–Crippen LogP) is 3.13. The van der Waals surface area contributed by atoms with E-state index >= 15 is 0 Å². The molecule has 0 aliphatic rings. The largest absolute Gasteiger partial charge is 0.481 e. The van der Waals surface area contributed by atoms with E-state index in [0.29, 0.717) is 13.0 Å². The van der Waals surface area contributed by atoms with E-state index in [1.807, 2.05) is 45.0 Å². The number of rotatable bonds is 6. The summed E-state index contributed by atoms with van der Waals surface area (Å²) in [5.74, 6) is -0.835. The second-order valence-electron chi connectivity index (χ2n) is 5.41. The van der Waals surface area contributed by atoms with Crippen molar-refractivity contribution in [1.82, 2.24) is 4.90 Å². The molecule has 1 rings (SSSR count). The first-order chi connectivity index (χ1) is 9.84. The first kappa shape index (κ1) is 17.0. The summed E-state index contributed by atoms with van der Waals surface area (Å²) in [7, 11) is 1.75. The van der Waals surface area contributed by atoms with Crippen LogP contribution in [0, 0.1) is 6.92 Å². The maximum Gasteiger partial charge on any atom is 0.324 e. The topological polar surface area (TPSA) is 60.9 Å². The molecule has 2 amide bonds. The smallest absolute Gasteiger partial charge is 0.324 e. The molecule has 116 valence electrons. The third-order valence-electron chi connectivity index (χ3n) is 3.42. The number of benzene rings is 1. The monoisotopic (exact) mass is 292 g/mol. The summed E-state index contributed by atoms with van der Waals surface area (Å²) in [6.45, 7) is 6.27. The molecule has 0 aromatic heterocycles. The van der Waals surface area contributed by atoms with Gasteiger partial charge >= 0.3 is 12.0 Å². The normalized spacial score (nSPS) is 10.5. The van der Waals surface area contributed by atoms with Crippen LogP contribution < -0.4 is 4.90 Å². The van der Waals surface area contributed by atoms with Gasteiger partial charge in [0, 0.05) is 31.7 Å². The lowest BCUT2D eigenvalue weighted by molar-refractivity contribution is -0.137. The van der Waals surface area contributed by atoms with Crippen LogP contribution >= 0.6 is 0 Å². The molecule has 21 heavy (non-hydrogen) atoms. The highest BCUT2D eigenvalue weighted by Gasteiger charge is 2.22. The third-order valence-corrected chi connectivity index (χ3v) is 3.42. The van der Waals surface area contributed by atoms with Crippen molar-refractivity contribution in [3.05, 3.63) is 29.8 Å². The first-order valence-electron chi connectivity index (χ1n) is 7.16. The van der Waals surface area contributed by atoms with Crippen LogP contribution in [0.25, 0.3) is 0 Å². The third kappa shape index (κ3) is 4.77. The van der Waals surface area contributed by atoms with Crippen LogP contribution in [0.4, 0.5) is 10.5 Å². The van der Waals surface area contributed by atoms with Gasteiger partial charge < -0.3 is 10.0 Å². The number of nitrogens with zero attached hydrogens (tertiary/aromatic N) is 2. The maximum absolute atomic E-state index is 12.6. The fourth-order valence-corrected chi connectivity index (χ4v) is 2.21. The minimum atomic E-state index is -0.835. The molecule has 1 aromatic carbocycles. The lowest BCUT2D eigenvalue weighted by Gasteiger charge is -2.32. The van der Waals surface area contributed by atoms with E-state index in [4.69, 9.17) is 5.11 Å². The van der Waals surface area contributed by atoms with Crippen LogP contribution in [0.1, 0.15) is 32.3 Å². The molecule has 0 heterocycles. The molecule has 1 aromatic rings. The van der Waals surface area contributed by atoms with E-state index in [-0.39, 0.29) is 18.5 Å². The van der Waals surface area contributed by atoms with Gasteiger partial charge in [0.2, 0.25) is 0 Å². The van der Waals surface area contributed by atoms with Gasteiger partial charge in [0.15, 0.2) is 0 Å².